The first kappa shape index (κ1) is 36.2. The van der Waals surface area contributed by atoms with E-state index in [1.54, 1.807) is 12.2 Å². The summed E-state index contributed by atoms with van der Waals surface area (Å²) >= 11 is 0. The molecule has 0 bridgehead atoms. The number of ketones is 1. The molecule has 0 spiro atoms. The maximum Gasteiger partial charge on any atom is 0.330 e. The number of aliphatic carboxylic acids is 1. The third-order valence-electron chi connectivity index (χ3n) is 9.53. The minimum Gasteiger partial charge on any atom is -0.506 e. The normalized spacial score (nSPS) is 25.3. The van der Waals surface area contributed by atoms with Crippen molar-refractivity contribution in [3.63, 3.8) is 0 Å². The molecule has 47 heavy (non-hydrogen) atoms. The summed E-state index contributed by atoms with van der Waals surface area (Å²) < 4.78 is 19.7. The number of carboxylic acids is 1. The molecule has 1 aromatic carbocycles. The van der Waals surface area contributed by atoms with E-state index in [0.29, 0.717) is 37.0 Å². The van der Waals surface area contributed by atoms with E-state index >= 15 is 0 Å². The molecule has 0 amide bonds. The number of ether oxygens (including phenoxy) is 3. The summed E-state index contributed by atoms with van der Waals surface area (Å²) in [6.07, 6.45) is 9.03. The number of carbonyl (C=O) groups is 3. The minimum absolute atomic E-state index is 0.0301. The lowest BCUT2D eigenvalue weighted by molar-refractivity contribution is -0.132. The lowest BCUT2D eigenvalue weighted by Gasteiger charge is -2.46. The third-order valence-corrected chi connectivity index (χ3v) is 9.53. The molecule has 0 saturated heterocycles. The number of hydrogen-bond donors (Lipinski definition) is 3. The van der Waals surface area contributed by atoms with E-state index in [1.165, 1.54) is 12.5 Å². The van der Waals surface area contributed by atoms with Crippen LogP contribution in [0, 0.1) is 11.8 Å². The number of phenolic OH excluding ortho intramolecular Hbond substituents is 1. The Bertz CT molecular complexity index is 1530. The van der Waals surface area contributed by atoms with E-state index in [2.05, 4.69) is 6.08 Å². The second-order valence-electron chi connectivity index (χ2n) is 14.4. The highest BCUT2D eigenvalue weighted by atomic mass is 16.5. The minimum atomic E-state index is -1.07. The average molecular weight is 651 g/mol. The van der Waals surface area contributed by atoms with Crippen LogP contribution >= 0.6 is 0 Å². The van der Waals surface area contributed by atoms with Crippen molar-refractivity contribution in [2.75, 3.05) is 6.61 Å². The molecule has 2 heterocycles. The fraction of sp³-hybridized carbons (Fsp3) is 0.553. The zero-order valence-electron chi connectivity index (χ0n) is 28.9. The fourth-order valence-corrected chi connectivity index (χ4v) is 6.83. The van der Waals surface area contributed by atoms with E-state index in [9.17, 15) is 29.7 Å². The molecule has 1 aliphatic carbocycles. The van der Waals surface area contributed by atoms with Crippen molar-refractivity contribution < 1.29 is 43.9 Å². The Kier molecular flexibility index (Phi) is 10.9. The number of benzene rings is 1. The molecule has 2 aliphatic heterocycles. The lowest BCUT2D eigenvalue weighted by Crippen LogP contribution is -2.51. The van der Waals surface area contributed by atoms with Crippen LogP contribution in [-0.4, -0.2) is 57.3 Å². The van der Waals surface area contributed by atoms with Gasteiger partial charge >= 0.3 is 5.97 Å². The molecule has 0 fully saturated rings. The number of phenols is 1. The summed E-state index contributed by atoms with van der Waals surface area (Å²) in [4.78, 5) is 37.7. The number of rotatable bonds is 12. The summed E-state index contributed by atoms with van der Waals surface area (Å²) in [6, 6.07) is 0. The largest absolute Gasteiger partial charge is 0.506 e. The number of aldehydes is 1. The predicted octanol–water partition coefficient (Wildman–Crippen LogP) is 7.14. The van der Waals surface area contributed by atoms with Gasteiger partial charge in [-0.3, -0.25) is 4.79 Å². The monoisotopic (exact) mass is 650 g/mol. The average Bonchev–Trinajstić information content (AvgIpc) is 2.97. The van der Waals surface area contributed by atoms with Crippen molar-refractivity contribution >= 4 is 18.0 Å². The molecule has 3 aliphatic rings. The second kappa shape index (κ2) is 14.2. The quantitative estimate of drug-likeness (QED) is 0.0932. The summed E-state index contributed by atoms with van der Waals surface area (Å²) in [5, 5.41) is 32.3. The maximum absolute atomic E-state index is 14.3. The second-order valence-corrected chi connectivity index (χ2v) is 14.4. The van der Waals surface area contributed by atoms with Crippen molar-refractivity contribution in [2.24, 2.45) is 11.8 Å². The Morgan fingerprint density at radius 1 is 1.09 bits per heavy atom. The number of carbonyl (C=O) groups excluding carboxylic acids is 2. The molecule has 9 heteroatoms. The third kappa shape index (κ3) is 7.73. The highest BCUT2D eigenvalue weighted by molar-refractivity contribution is 6.15. The molecular weight excluding hydrogens is 600 g/mol. The molecule has 0 saturated carbocycles. The molecule has 2 unspecified atom stereocenters. The molecule has 0 radical (unpaired) electrons. The molecule has 5 atom stereocenters. The zero-order chi connectivity index (χ0) is 34.8. The topological polar surface area (TPSA) is 140 Å². The van der Waals surface area contributed by atoms with Gasteiger partial charge < -0.3 is 34.3 Å². The van der Waals surface area contributed by atoms with Crippen LogP contribution in [0.2, 0.25) is 0 Å². The van der Waals surface area contributed by atoms with E-state index in [1.807, 2.05) is 54.5 Å². The number of aliphatic hydroxyl groups is 1. The maximum atomic E-state index is 14.3. The van der Waals surface area contributed by atoms with Crippen LogP contribution in [0.4, 0.5) is 0 Å². The van der Waals surface area contributed by atoms with Gasteiger partial charge in [0.2, 0.25) is 0 Å². The summed E-state index contributed by atoms with van der Waals surface area (Å²) in [5.41, 5.74) is 1.86. The molecular formula is C38H50O9. The Balaban J connectivity index is 1.81. The van der Waals surface area contributed by atoms with Gasteiger partial charge in [-0.05, 0) is 87.5 Å². The van der Waals surface area contributed by atoms with Gasteiger partial charge in [-0.2, -0.15) is 0 Å². The molecule has 9 nitrogen and oxygen atoms in total. The molecule has 1 aromatic rings. The van der Waals surface area contributed by atoms with Crippen LogP contribution in [0.25, 0.3) is 0 Å². The van der Waals surface area contributed by atoms with E-state index in [0.717, 1.165) is 18.3 Å². The fourth-order valence-electron chi connectivity index (χ4n) is 6.83. The number of allylic oxidation sites excluding steroid dienone is 5. The first-order chi connectivity index (χ1) is 22.0. The zero-order valence-corrected chi connectivity index (χ0v) is 28.9. The van der Waals surface area contributed by atoms with E-state index in [4.69, 9.17) is 14.2 Å². The summed E-state index contributed by atoms with van der Waals surface area (Å²) in [6.45, 7) is 15.5. The Labute approximate surface area is 278 Å². The first-order valence-electron chi connectivity index (χ1n) is 16.5. The first-order valence-corrected chi connectivity index (χ1v) is 16.5. The molecule has 256 valence electrons. The van der Waals surface area contributed by atoms with Crippen molar-refractivity contribution in [3.05, 3.63) is 63.3 Å². The number of Topliss-reactive ketones (excluding diaryl/α,β-unsaturated/α-hetero) is 1. The SMILES string of the molecule is CC(C)=CCC[C@]1(C)C[C@H](O)c2c(O)c3c(c(CC=C(C)C)c2O1)OC1C(=CC(C=O)C[C@@H]1C(C)(C)OCC/C=C(/C)C(=O)O)C3=O. The van der Waals surface area contributed by atoms with Crippen molar-refractivity contribution in [1.29, 1.82) is 0 Å². The lowest BCUT2D eigenvalue weighted by atomic mass is 9.70. The van der Waals surface area contributed by atoms with Crippen LogP contribution in [0.1, 0.15) is 115 Å². The van der Waals surface area contributed by atoms with Crippen molar-refractivity contribution in [1.82, 2.24) is 0 Å². The van der Waals surface area contributed by atoms with Crippen LogP contribution in [0.5, 0.6) is 17.2 Å². The van der Waals surface area contributed by atoms with E-state index in [-0.39, 0.29) is 46.8 Å². The van der Waals surface area contributed by atoms with Gasteiger partial charge in [-0.1, -0.05) is 35.5 Å². The van der Waals surface area contributed by atoms with Crippen molar-refractivity contribution in [2.45, 2.75) is 117 Å². The van der Waals surface area contributed by atoms with Gasteiger partial charge in [0.15, 0.2) is 5.78 Å². The summed E-state index contributed by atoms with van der Waals surface area (Å²) in [7, 11) is 0. The molecule has 3 N–H and O–H groups in total. The number of aromatic hydroxyl groups is 1. The van der Waals surface area contributed by atoms with Gasteiger partial charge in [0.25, 0.3) is 0 Å². The van der Waals surface area contributed by atoms with Crippen LogP contribution in [-0.2, 0) is 20.7 Å². The number of carboxylic acid groups (broad SMARTS) is 1. The van der Waals surface area contributed by atoms with Gasteiger partial charge in [-0.15, -0.1) is 0 Å². The van der Waals surface area contributed by atoms with E-state index < -0.39 is 47.0 Å². The van der Waals surface area contributed by atoms with Gasteiger partial charge in [0.05, 0.1) is 23.9 Å². The standard InChI is InChI=1S/C38H50O9/c1-21(2)11-9-15-38(8)19-28(40)29-32(42)30-31(41)26-17-24(20-39)18-27(37(6,7)45-16-10-12-23(5)36(43)44)33(26)46-34(30)25(35(29)47-38)14-13-22(3)4/h11-13,17,20,24,27-28,33,40,42H,9-10,14-16,18-19H2,1-8H3,(H,43,44)/b23-12-/t24?,27-,28-,33?,38+/m0/s1. The smallest absolute Gasteiger partial charge is 0.330 e. The predicted molar refractivity (Wildman–Crippen MR) is 179 cm³/mol. The highest BCUT2D eigenvalue weighted by Crippen LogP contribution is 2.56. The molecule has 4 rings (SSSR count). The van der Waals surface area contributed by atoms with Gasteiger partial charge in [0, 0.05) is 35.0 Å². The number of fused-ring (bicyclic) bond motifs is 3. The summed E-state index contributed by atoms with van der Waals surface area (Å²) in [5.74, 6) is -2.26. The highest BCUT2D eigenvalue weighted by Gasteiger charge is 2.51. The number of hydrogen-bond acceptors (Lipinski definition) is 8. The van der Waals surface area contributed by atoms with Gasteiger partial charge in [-0.25, -0.2) is 4.79 Å². The number of aliphatic hydroxyl groups excluding tert-OH is 1. The van der Waals surface area contributed by atoms with Crippen LogP contribution < -0.4 is 9.47 Å². The Hall–Kier alpha value is -3.69. The Morgan fingerprint density at radius 2 is 1.77 bits per heavy atom. The van der Waals surface area contributed by atoms with Crippen LogP contribution in [0.3, 0.4) is 0 Å². The van der Waals surface area contributed by atoms with Gasteiger partial charge in [0.1, 0.15) is 40.8 Å². The molecule has 0 aromatic heterocycles. The van der Waals surface area contributed by atoms with Crippen molar-refractivity contribution in [3.8, 4) is 17.2 Å². The van der Waals surface area contributed by atoms with Crippen LogP contribution in [0.15, 0.2) is 46.6 Å². The Morgan fingerprint density at radius 3 is 2.38 bits per heavy atom.